The summed E-state index contributed by atoms with van der Waals surface area (Å²) in [6.45, 7) is 5.83. The standard InChI is InChI=1S/C12H17BrN2O/c1-7(2)11(14)12(16)15-10-5-8(3)4-9(13)6-10/h4-7,11H,14H2,1-3H3,(H,15,16)/t11-/m0/s1. The van der Waals surface area contributed by atoms with Gasteiger partial charge < -0.3 is 11.1 Å². The van der Waals surface area contributed by atoms with E-state index in [2.05, 4.69) is 21.2 Å². The van der Waals surface area contributed by atoms with Gasteiger partial charge in [-0.25, -0.2) is 0 Å². The first-order valence-electron chi connectivity index (χ1n) is 5.24. The van der Waals surface area contributed by atoms with Crippen LogP contribution in [0.15, 0.2) is 22.7 Å². The van der Waals surface area contributed by atoms with Gasteiger partial charge in [-0.05, 0) is 36.6 Å². The molecule has 3 nitrogen and oxygen atoms in total. The van der Waals surface area contributed by atoms with Gasteiger partial charge in [-0.15, -0.1) is 0 Å². The number of hydrogen-bond donors (Lipinski definition) is 2. The minimum absolute atomic E-state index is 0.133. The third kappa shape index (κ3) is 3.61. The fraction of sp³-hybridized carbons (Fsp3) is 0.417. The zero-order valence-corrected chi connectivity index (χ0v) is 11.3. The van der Waals surface area contributed by atoms with E-state index in [1.165, 1.54) is 0 Å². The Kier molecular flexibility index (Phi) is 4.50. The Morgan fingerprint density at radius 1 is 1.38 bits per heavy atom. The van der Waals surface area contributed by atoms with Crippen molar-refractivity contribution in [1.82, 2.24) is 0 Å². The first-order valence-corrected chi connectivity index (χ1v) is 6.03. The van der Waals surface area contributed by atoms with Gasteiger partial charge in [0.05, 0.1) is 6.04 Å². The number of amides is 1. The maximum absolute atomic E-state index is 11.7. The van der Waals surface area contributed by atoms with E-state index in [1.54, 1.807) is 0 Å². The molecule has 1 rings (SSSR count). The number of halogens is 1. The third-order valence-electron chi connectivity index (χ3n) is 2.33. The van der Waals surface area contributed by atoms with E-state index in [4.69, 9.17) is 5.73 Å². The molecule has 0 saturated carbocycles. The van der Waals surface area contributed by atoms with Crippen LogP contribution in [0, 0.1) is 12.8 Å². The van der Waals surface area contributed by atoms with E-state index < -0.39 is 6.04 Å². The lowest BCUT2D eigenvalue weighted by Crippen LogP contribution is -2.39. The van der Waals surface area contributed by atoms with Gasteiger partial charge in [-0.3, -0.25) is 4.79 Å². The molecule has 1 atom stereocenters. The Bertz CT molecular complexity index is 370. The predicted molar refractivity (Wildman–Crippen MR) is 70.3 cm³/mol. The average molecular weight is 285 g/mol. The van der Waals surface area contributed by atoms with Gasteiger partial charge in [0.1, 0.15) is 0 Å². The molecule has 0 fully saturated rings. The molecule has 88 valence electrons. The highest BCUT2D eigenvalue weighted by molar-refractivity contribution is 9.10. The van der Waals surface area contributed by atoms with Gasteiger partial charge in [0.15, 0.2) is 0 Å². The number of carbonyl (C=O) groups excluding carboxylic acids is 1. The molecule has 0 unspecified atom stereocenters. The number of benzene rings is 1. The van der Waals surface area contributed by atoms with Crippen LogP contribution < -0.4 is 11.1 Å². The van der Waals surface area contributed by atoms with E-state index in [0.29, 0.717) is 0 Å². The summed E-state index contributed by atoms with van der Waals surface area (Å²) in [7, 11) is 0. The van der Waals surface area contributed by atoms with Crippen molar-refractivity contribution in [3.05, 3.63) is 28.2 Å². The van der Waals surface area contributed by atoms with Crippen molar-refractivity contribution in [3.8, 4) is 0 Å². The molecule has 1 aromatic carbocycles. The second-order valence-corrected chi connectivity index (χ2v) is 5.19. The van der Waals surface area contributed by atoms with Crippen molar-refractivity contribution < 1.29 is 4.79 Å². The molecule has 0 spiro atoms. The first-order chi connectivity index (χ1) is 7.40. The fourth-order valence-electron chi connectivity index (χ4n) is 1.34. The second kappa shape index (κ2) is 5.46. The number of nitrogens with two attached hydrogens (primary N) is 1. The summed E-state index contributed by atoms with van der Waals surface area (Å²) in [5.41, 5.74) is 7.62. The summed E-state index contributed by atoms with van der Waals surface area (Å²) in [6, 6.07) is 5.28. The van der Waals surface area contributed by atoms with Gasteiger partial charge >= 0.3 is 0 Å². The zero-order valence-electron chi connectivity index (χ0n) is 9.75. The summed E-state index contributed by atoms with van der Waals surface area (Å²) < 4.78 is 0.945. The van der Waals surface area contributed by atoms with Crippen molar-refractivity contribution in [2.45, 2.75) is 26.8 Å². The number of hydrogen-bond acceptors (Lipinski definition) is 2. The Hall–Kier alpha value is -0.870. The monoisotopic (exact) mass is 284 g/mol. The van der Waals surface area contributed by atoms with Crippen molar-refractivity contribution >= 4 is 27.5 Å². The molecule has 1 aromatic rings. The molecule has 0 aliphatic carbocycles. The summed E-state index contributed by atoms with van der Waals surface area (Å²) in [4.78, 5) is 11.7. The van der Waals surface area contributed by atoms with Crippen LogP contribution in [0.3, 0.4) is 0 Å². The fourth-order valence-corrected chi connectivity index (χ4v) is 1.94. The molecule has 0 aliphatic rings. The normalized spacial score (nSPS) is 12.6. The average Bonchev–Trinajstić information content (AvgIpc) is 2.14. The van der Waals surface area contributed by atoms with Crippen molar-refractivity contribution in [3.63, 3.8) is 0 Å². The molecule has 4 heteroatoms. The van der Waals surface area contributed by atoms with Gasteiger partial charge in [0, 0.05) is 10.2 Å². The molecule has 0 heterocycles. The zero-order chi connectivity index (χ0) is 12.3. The van der Waals surface area contributed by atoms with Crippen molar-refractivity contribution in [2.75, 3.05) is 5.32 Å². The highest BCUT2D eigenvalue weighted by atomic mass is 79.9. The molecule has 0 bridgehead atoms. The summed E-state index contributed by atoms with van der Waals surface area (Å²) in [5, 5.41) is 2.81. The Morgan fingerprint density at radius 3 is 2.50 bits per heavy atom. The molecule has 0 aromatic heterocycles. The van der Waals surface area contributed by atoms with Crippen molar-refractivity contribution in [1.29, 1.82) is 0 Å². The highest BCUT2D eigenvalue weighted by Crippen LogP contribution is 2.19. The van der Waals surface area contributed by atoms with Gasteiger partial charge in [-0.2, -0.15) is 0 Å². The van der Waals surface area contributed by atoms with Crippen LogP contribution in [0.2, 0.25) is 0 Å². The van der Waals surface area contributed by atoms with E-state index >= 15 is 0 Å². The Labute approximate surface area is 105 Å². The van der Waals surface area contributed by atoms with Crippen molar-refractivity contribution in [2.24, 2.45) is 11.7 Å². The Balaban J connectivity index is 2.77. The molecule has 1 amide bonds. The largest absolute Gasteiger partial charge is 0.325 e. The quantitative estimate of drug-likeness (QED) is 0.897. The Morgan fingerprint density at radius 2 is 2.00 bits per heavy atom. The minimum Gasteiger partial charge on any atom is -0.325 e. The van der Waals surface area contributed by atoms with Gasteiger partial charge in [-0.1, -0.05) is 29.8 Å². The number of nitrogens with one attached hydrogen (secondary N) is 1. The molecule has 0 radical (unpaired) electrons. The van der Waals surface area contributed by atoms with E-state index in [1.807, 2.05) is 39.0 Å². The molecule has 0 aliphatic heterocycles. The number of carbonyl (C=O) groups is 1. The molecule has 0 saturated heterocycles. The van der Waals surface area contributed by atoms with Crippen LogP contribution in [0.4, 0.5) is 5.69 Å². The SMILES string of the molecule is Cc1cc(Br)cc(NC(=O)[C@@H](N)C(C)C)c1. The minimum atomic E-state index is -0.473. The van der Waals surface area contributed by atoms with Gasteiger partial charge in [0.2, 0.25) is 5.91 Å². The summed E-state index contributed by atoms with van der Waals surface area (Å²) in [5.74, 6) is -0.0132. The van der Waals surface area contributed by atoms with E-state index in [9.17, 15) is 4.79 Å². The van der Waals surface area contributed by atoms with E-state index in [0.717, 1.165) is 15.7 Å². The number of rotatable bonds is 3. The molecular weight excluding hydrogens is 268 g/mol. The smallest absolute Gasteiger partial charge is 0.241 e. The number of aryl methyl sites for hydroxylation is 1. The van der Waals surface area contributed by atoms with Crippen LogP contribution in [0.1, 0.15) is 19.4 Å². The lowest BCUT2D eigenvalue weighted by molar-refractivity contribution is -0.118. The summed E-state index contributed by atoms with van der Waals surface area (Å²) in [6.07, 6.45) is 0. The summed E-state index contributed by atoms with van der Waals surface area (Å²) >= 11 is 3.39. The van der Waals surface area contributed by atoms with Gasteiger partial charge in [0.25, 0.3) is 0 Å². The predicted octanol–water partition coefficient (Wildman–Crippen LogP) is 2.68. The van der Waals surface area contributed by atoms with Crippen LogP contribution in [0.5, 0.6) is 0 Å². The molecule has 3 N–H and O–H groups in total. The third-order valence-corrected chi connectivity index (χ3v) is 2.79. The maximum atomic E-state index is 11.7. The topological polar surface area (TPSA) is 55.1 Å². The van der Waals surface area contributed by atoms with Crippen LogP contribution in [-0.2, 0) is 4.79 Å². The lowest BCUT2D eigenvalue weighted by Gasteiger charge is -2.15. The lowest BCUT2D eigenvalue weighted by atomic mass is 10.0. The molecule has 16 heavy (non-hydrogen) atoms. The maximum Gasteiger partial charge on any atom is 0.241 e. The highest BCUT2D eigenvalue weighted by Gasteiger charge is 2.17. The first kappa shape index (κ1) is 13.2. The van der Waals surface area contributed by atoms with Crippen LogP contribution in [0.25, 0.3) is 0 Å². The number of anilines is 1. The van der Waals surface area contributed by atoms with Crippen LogP contribution in [-0.4, -0.2) is 11.9 Å². The molecular formula is C12H17BrN2O. The van der Waals surface area contributed by atoms with Crippen LogP contribution >= 0.6 is 15.9 Å². The second-order valence-electron chi connectivity index (χ2n) is 4.28. The van der Waals surface area contributed by atoms with E-state index in [-0.39, 0.29) is 11.8 Å².